The second-order valence-corrected chi connectivity index (χ2v) is 4.82. The molecule has 0 aromatic rings. The quantitative estimate of drug-likeness (QED) is 0.575. The molecule has 3 atom stereocenters. The minimum absolute atomic E-state index is 0.844. The van der Waals surface area contributed by atoms with Crippen LogP contribution in [-0.4, -0.2) is 0 Å². The van der Waals surface area contributed by atoms with Crippen molar-refractivity contribution >= 4 is 0 Å². The van der Waals surface area contributed by atoms with Gasteiger partial charge >= 0.3 is 0 Å². The summed E-state index contributed by atoms with van der Waals surface area (Å²) >= 11 is 0. The summed E-state index contributed by atoms with van der Waals surface area (Å²) in [5.74, 6) is 3.52. The van der Waals surface area contributed by atoms with Crippen LogP contribution in [0.2, 0.25) is 0 Å². The number of hydrogen-bond acceptors (Lipinski definition) is 0. The van der Waals surface area contributed by atoms with E-state index in [-0.39, 0.29) is 0 Å². The first-order valence-corrected chi connectivity index (χ1v) is 5.49. The van der Waals surface area contributed by atoms with E-state index in [1.807, 2.05) is 0 Å². The van der Waals surface area contributed by atoms with Gasteiger partial charge in [0.15, 0.2) is 0 Å². The van der Waals surface area contributed by atoms with Gasteiger partial charge in [-0.3, -0.25) is 0 Å². The van der Waals surface area contributed by atoms with Gasteiger partial charge in [0.25, 0.3) is 0 Å². The fourth-order valence-corrected chi connectivity index (χ4v) is 1.49. The van der Waals surface area contributed by atoms with Crippen LogP contribution in [0.1, 0.15) is 54.4 Å². The highest BCUT2D eigenvalue weighted by Gasteiger charge is 2.15. The molecular formula is C12H26. The fraction of sp³-hybridized carbons (Fsp3) is 1.00. The highest BCUT2D eigenvalue weighted by molar-refractivity contribution is 4.66. The summed E-state index contributed by atoms with van der Waals surface area (Å²) in [6.07, 6.45) is 2.72. The highest BCUT2D eigenvalue weighted by atomic mass is 14.2. The van der Waals surface area contributed by atoms with E-state index in [9.17, 15) is 0 Å². The molecule has 0 spiro atoms. The molecule has 0 N–H and O–H groups in total. The summed E-state index contributed by atoms with van der Waals surface area (Å²) in [6, 6.07) is 0. The van der Waals surface area contributed by atoms with Crippen LogP contribution in [0.4, 0.5) is 0 Å². The molecule has 0 nitrogen and oxygen atoms in total. The van der Waals surface area contributed by atoms with Gasteiger partial charge in [-0.15, -0.1) is 0 Å². The van der Waals surface area contributed by atoms with Gasteiger partial charge in [-0.2, -0.15) is 0 Å². The molecule has 0 amide bonds. The minimum atomic E-state index is 0.844. The van der Waals surface area contributed by atoms with Crippen LogP contribution in [-0.2, 0) is 0 Å². The standard InChI is InChI=1S/C12H26/c1-7-10(4)12(6)8-11(5)9(2)3/h9-12H,7-8H2,1-6H3/t10-,11-,12?/m1/s1. The van der Waals surface area contributed by atoms with Gasteiger partial charge in [0.05, 0.1) is 0 Å². The first-order valence-electron chi connectivity index (χ1n) is 5.49. The lowest BCUT2D eigenvalue weighted by atomic mass is 9.82. The Kier molecular flexibility index (Phi) is 5.61. The van der Waals surface area contributed by atoms with E-state index in [2.05, 4.69) is 41.5 Å². The third-order valence-corrected chi connectivity index (χ3v) is 3.50. The predicted molar refractivity (Wildman–Crippen MR) is 57.2 cm³/mol. The molecule has 0 radical (unpaired) electrons. The van der Waals surface area contributed by atoms with Crippen molar-refractivity contribution in [3.8, 4) is 0 Å². The van der Waals surface area contributed by atoms with E-state index in [0.717, 1.165) is 23.7 Å². The summed E-state index contributed by atoms with van der Waals surface area (Å²) in [5, 5.41) is 0. The SMILES string of the molecule is CC[C@@H](C)C(C)C[C@@H](C)C(C)C. The van der Waals surface area contributed by atoms with E-state index in [4.69, 9.17) is 0 Å². The zero-order valence-electron chi connectivity index (χ0n) is 9.72. The topological polar surface area (TPSA) is 0 Å². The minimum Gasteiger partial charge on any atom is -0.0651 e. The molecule has 0 aromatic carbocycles. The molecule has 0 saturated heterocycles. The summed E-state index contributed by atoms with van der Waals surface area (Å²) in [4.78, 5) is 0. The monoisotopic (exact) mass is 170 g/mol. The Morgan fingerprint density at radius 3 is 1.58 bits per heavy atom. The molecule has 0 aromatic heterocycles. The van der Waals surface area contributed by atoms with Crippen molar-refractivity contribution in [2.75, 3.05) is 0 Å². The summed E-state index contributed by atoms with van der Waals surface area (Å²) < 4.78 is 0. The average Bonchev–Trinajstić information content (AvgIpc) is 2.02. The van der Waals surface area contributed by atoms with Crippen LogP contribution in [0, 0.1) is 23.7 Å². The van der Waals surface area contributed by atoms with E-state index in [1.165, 1.54) is 12.8 Å². The maximum absolute atomic E-state index is 2.40. The maximum atomic E-state index is 2.40. The van der Waals surface area contributed by atoms with Crippen molar-refractivity contribution in [2.45, 2.75) is 54.4 Å². The largest absolute Gasteiger partial charge is 0.0651 e. The van der Waals surface area contributed by atoms with Crippen molar-refractivity contribution in [3.63, 3.8) is 0 Å². The molecule has 0 bridgehead atoms. The molecule has 0 saturated carbocycles. The highest BCUT2D eigenvalue weighted by Crippen LogP contribution is 2.25. The second-order valence-electron chi connectivity index (χ2n) is 4.82. The number of hydrogen-bond donors (Lipinski definition) is 0. The van der Waals surface area contributed by atoms with Crippen molar-refractivity contribution in [1.82, 2.24) is 0 Å². The van der Waals surface area contributed by atoms with Gasteiger partial charge in [0.2, 0.25) is 0 Å². The van der Waals surface area contributed by atoms with Gasteiger partial charge in [-0.05, 0) is 30.1 Å². The summed E-state index contributed by atoms with van der Waals surface area (Å²) in [6.45, 7) is 14.1. The molecule has 0 aliphatic heterocycles. The first kappa shape index (κ1) is 12.0. The molecule has 0 aliphatic rings. The van der Waals surface area contributed by atoms with E-state index < -0.39 is 0 Å². The Bertz CT molecular complexity index is 105. The third kappa shape index (κ3) is 4.13. The molecule has 12 heavy (non-hydrogen) atoms. The zero-order valence-corrected chi connectivity index (χ0v) is 9.72. The lowest BCUT2D eigenvalue weighted by Gasteiger charge is -2.24. The number of rotatable bonds is 5. The van der Waals surface area contributed by atoms with E-state index >= 15 is 0 Å². The maximum Gasteiger partial charge on any atom is -0.0414 e. The molecular weight excluding hydrogens is 144 g/mol. The molecule has 0 fully saturated rings. The van der Waals surface area contributed by atoms with Crippen molar-refractivity contribution < 1.29 is 0 Å². The van der Waals surface area contributed by atoms with Gasteiger partial charge in [0, 0.05) is 0 Å². The van der Waals surface area contributed by atoms with Crippen molar-refractivity contribution in [3.05, 3.63) is 0 Å². The molecule has 0 heterocycles. The average molecular weight is 170 g/mol. The summed E-state index contributed by atoms with van der Waals surface area (Å²) in [7, 11) is 0. The van der Waals surface area contributed by atoms with E-state index in [1.54, 1.807) is 0 Å². The van der Waals surface area contributed by atoms with Crippen LogP contribution < -0.4 is 0 Å². The fourth-order valence-electron chi connectivity index (χ4n) is 1.49. The first-order chi connectivity index (χ1) is 5.49. The Hall–Kier alpha value is 0. The zero-order chi connectivity index (χ0) is 9.72. The lowest BCUT2D eigenvalue weighted by molar-refractivity contribution is 0.268. The molecule has 1 unspecified atom stereocenters. The third-order valence-electron chi connectivity index (χ3n) is 3.50. The molecule has 0 heteroatoms. The van der Waals surface area contributed by atoms with Crippen LogP contribution in [0.25, 0.3) is 0 Å². The normalized spacial score (nSPS) is 19.2. The van der Waals surface area contributed by atoms with Crippen molar-refractivity contribution in [2.24, 2.45) is 23.7 Å². The van der Waals surface area contributed by atoms with Crippen LogP contribution in [0.3, 0.4) is 0 Å². The predicted octanol–water partition coefficient (Wildman–Crippen LogP) is 4.35. The Morgan fingerprint density at radius 2 is 1.25 bits per heavy atom. The second kappa shape index (κ2) is 5.61. The van der Waals surface area contributed by atoms with Crippen molar-refractivity contribution in [1.29, 1.82) is 0 Å². The van der Waals surface area contributed by atoms with E-state index in [0.29, 0.717) is 0 Å². The van der Waals surface area contributed by atoms with Gasteiger partial charge < -0.3 is 0 Å². The van der Waals surface area contributed by atoms with Crippen LogP contribution in [0.15, 0.2) is 0 Å². The van der Waals surface area contributed by atoms with Crippen LogP contribution >= 0.6 is 0 Å². The Balaban J connectivity index is 3.75. The van der Waals surface area contributed by atoms with Gasteiger partial charge in [0.1, 0.15) is 0 Å². The molecule has 74 valence electrons. The summed E-state index contributed by atoms with van der Waals surface area (Å²) in [5.41, 5.74) is 0. The van der Waals surface area contributed by atoms with Gasteiger partial charge in [-0.25, -0.2) is 0 Å². The Labute approximate surface area is 78.8 Å². The lowest BCUT2D eigenvalue weighted by Crippen LogP contribution is -2.14. The van der Waals surface area contributed by atoms with Gasteiger partial charge in [-0.1, -0.05) is 48.0 Å². The smallest absolute Gasteiger partial charge is 0.0414 e. The molecule has 0 aliphatic carbocycles. The van der Waals surface area contributed by atoms with Crippen LogP contribution in [0.5, 0.6) is 0 Å². The Morgan fingerprint density at radius 1 is 0.750 bits per heavy atom. The molecule has 0 rings (SSSR count).